The van der Waals surface area contributed by atoms with Gasteiger partial charge in [0.15, 0.2) is 0 Å². The van der Waals surface area contributed by atoms with E-state index in [0.29, 0.717) is 0 Å². The van der Waals surface area contributed by atoms with Crippen LogP contribution < -0.4 is 0 Å². The third-order valence-electron chi connectivity index (χ3n) is 0.438. The second-order valence-corrected chi connectivity index (χ2v) is 1.05. The molecule has 0 rings (SSSR count). The zero-order valence-electron chi connectivity index (χ0n) is 4.13. The largest absolute Gasteiger partial charge is 0.481 e. The summed E-state index contributed by atoms with van der Waals surface area (Å²) in [5.41, 5.74) is 0. The Morgan fingerprint density at radius 2 is 2.00 bits per heavy atom. The van der Waals surface area contributed by atoms with Crippen LogP contribution in [0.3, 0.4) is 0 Å². The molecule has 0 aliphatic heterocycles. The number of rotatable bonds is 1. The van der Waals surface area contributed by atoms with E-state index in [4.69, 9.17) is 10.2 Å². The lowest BCUT2D eigenvalue weighted by Gasteiger charge is -1.77. The molecule has 0 aliphatic carbocycles. The first-order valence-electron chi connectivity index (χ1n) is 1.98. The van der Waals surface area contributed by atoms with Crippen molar-refractivity contribution in [2.24, 2.45) is 0 Å². The summed E-state index contributed by atoms with van der Waals surface area (Å²) in [4.78, 5) is 0. The lowest BCUT2D eigenvalue weighted by atomic mass is 10.5. The highest BCUT2D eigenvalue weighted by atomic mass is 16.5. The molecule has 7 heavy (non-hydrogen) atoms. The van der Waals surface area contributed by atoms with Crippen LogP contribution in [-0.2, 0) is 0 Å². The molecule has 0 aliphatic rings. The summed E-state index contributed by atoms with van der Waals surface area (Å²) < 4.78 is 0. The van der Waals surface area contributed by atoms with E-state index in [-0.39, 0.29) is 0 Å². The lowest BCUT2D eigenvalue weighted by Crippen LogP contribution is -1.69. The van der Waals surface area contributed by atoms with Crippen LogP contribution in [0.25, 0.3) is 0 Å². The molecule has 0 spiro atoms. The fraction of sp³-hybridized carbons (Fsp3) is 0.200. The van der Waals surface area contributed by atoms with Crippen LogP contribution in [0, 0.1) is 0 Å². The predicted octanol–water partition coefficient (Wildman–Crippen LogP) is 1.52. The van der Waals surface area contributed by atoms with E-state index in [1.165, 1.54) is 12.2 Å². The summed E-state index contributed by atoms with van der Waals surface area (Å²) in [6.07, 6.45) is 4.43. The van der Waals surface area contributed by atoms with Crippen LogP contribution in [-0.4, -0.2) is 10.2 Å². The van der Waals surface area contributed by atoms with Crippen LogP contribution in [0.2, 0.25) is 0 Å². The molecule has 0 saturated heterocycles. The summed E-state index contributed by atoms with van der Waals surface area (Å²) in [5, 5.41) is 16.1. The van der Waals surface area contributed by atoms with E-state index in [9.17, 15) is 0 Å². The second-order valence-electron chi connectivity index (χ2n) is 1.05. The molecule has 2 N–H and O–H groups in total. The van der Waals surface area contributed by atoms with E-state index in [0.717, 1.165) is 0 Å². The maximum absolute atomic E-state index is 8.05. The predicted molar refractivity (Wildman–Crippen MR) is 28.2 cm³/mol. The minimum absolute atomic E-state index is 0.655. The van der Waals surface area contributed by atoms with Gasteiger partial charge in [-0.1, -0.05) is 12.2 Å². The van der Waals surface area contributed by atoms with E-state index >= 15 is 0 Å². The number of aliphatic hydroxyl groups is 2. The van der Waals surface area contributed by atoms with Gasteiger partial charge in [-0.15, -0.1) is 0 Å². The summed E-state index contributed by atoms with van der Waals surface area (Å²) >= 11 is 0. The van der Waals surface area contributed by atoms with Gasteiger partial charge in [0.05, 0.1) is 0 Å². The van der Waals surface area contributed by atoms with Crippen molar-refractivity contribution in [3.05, 3.63) is 24.2 Å². The van der Waals surface area contributed by atoms with Gasteiger partial charge in [-0.25, -0.2) is 0 Å². The second kappa shape index (κ2) is 3.28. The summed E-state index contributed by atoms with van der Waals surface area (Å²) in [5.74, 6) is -0.655. The molecule has 0 amide bonds. The van der Waals surface area contributed by atoms with Gasteiger partial charge in [-0.2, -0.15) is 0 Å². The Hall–Kier alpha value is -0.920. The third-order valence-corrected chi connectivity index (χ3v) is 0.438. The van der Waals surface area contributed by atoms with Gasteiger partial charge in [0.2, 0.25) is 0 Å². The molecule has 2 heteroatoms. The number of hydrogen-bond acceptors (Lipinski definition) is 2. The standard InChI is InChI=1S/C5H8O2/c1-2-3-4-5(6)7/h2-4,6-7H,1H3/b3-2+. The fourth-order valence-electron chi connectivity index (χ4n) is 0.182. The molecule has 0 fully saturated rings. The highest BCUT2D eigenvalue weighted by Crippen LogP contribution is 1.79. The van der Waals surface area contributed by atoms with Crippen molar-refractivity contribution >= 4 is 0 Å². The molecule has 0 unspecified atom stereocenters. The Labute approximate surface area is 42.4 Å². The average Bonchev–Trinajstić information content (AvgIpc) is 1.61. The Bertz CT molecular complexity index is 88.3. The van der Waals surface area contributed by atoms with Gasteiger partial charge in [0, 0.05) is 6.08 Å². The first-order valence-corrected chi connectivity index (χ1v) is 1.98. The van der Waals surface area contributed by atoms with E-state index in [2.05, 4.69) is 0 Å². The molecular weight excluding hydrogens is 92.1 g/mol. The van der Waals surface area contributed by atoms with E-state index < -0.39 is 5.95 Å². The highest BCUT2D eigenvalue weighted by Gasteiger charge is 1.71. The SMILES string of the molecule is C/C=C/C=C(O)O. The minimum Gasteiger partial charge on any atom is -0.481 e. The Kier molecular flexibility index (Phi) is 2.85. The first-order chi connectivity index (χ1) is 3.27. The maximum Gasteiger partial charge on any atom is 0.274 e. The van der Waals surface area contributed by atoms with Gasteiger partial charge in [0.1, 0.15) is 0 Å². The van der Waals surface area contributed by atoms with Crippen molar-refractivity contribution in [3.8, 4) is 0 Å². The highest BCUT2D eigenvalue weighted by molar-refractivity contribution is 5.00. The summed E-state index contributed by atoms with van der Waals surface area (Å²) in [7, 11) is 0. The molecule has 0 radical (unpaired) electrons. The molecule has 0 atom stereocenters. The van der Waals surface area contributed by atoms with Gasteiger partial charge >= 0.3 is 0 Å². The van der Waals surface area contributed by atoms with Crippen molar-refractivity contribution in [1.29, 1.82) is 0 Å². The molecule has 40 valence electrons. The van der Waals surface area contributed by atoms with Crippen LogP contribution >= 0.6 is 0 Å². The van der Waals surface area contributed by atoms with E-state index in [1.54, 1.807) is 13.0 Å². The Balaban J connectivity index is 3.46. The van der Waals surface area contributed by atoms with Crippen molar-refractivity contribution in [1.82, 2.24) is 0 Å². The third kappa shape index (κ3) is 5.08. The van der Waals surface area contributed by atoms with E-state index in [1.807, 2.05) is 0 Å². The number of hydrogen-bond donors (Lipinski definition) is 2. The van der Waals surface area contributed by atoms with Gasteiger partial charge in [0.25, 0.3) is 5.95 Å². The molecular formula is C5H8O2. The lowest BCUT2D eigenvalue weighted by molar-refractivity contribution is 0.191. The molecule has 0 aromatic heterocycles. The van der Waals surface area contributed by atoms with Crippen molar-refractivity contribution in [2.75, 3.05) is 0 Å². The van der Waals surface area contributed by atoms with Gasteiger partial charge in [-0.05, 0) is 6.92 Å². The van der Waals surface area contributed by atoms with Crippen LogP contribution in [0.15, 0.2) is 24.2 Å². The average molecular weight is 100 g/mol. The maximum atomic E-state index is 8.05. The first kappa shape index (κ1) is 6.08. The molecule has 0 saturated carbocycles. The summed E-state index contributed by atoms with van der Waals surface area (Å²) in [6, 6.07) is 0. The fourth-order valence-corrected chi connectivity index (χ4v) is 0.182. The zero-order valence-corrected chi connectivity index (χ0v) is 4.13. The van der Waals surface area contributed by atoms with Crippen molar-refractivity contribution in [3.63, 3.8) is 0 Å². The van der Waals surface area contributed by atoms with Crippen molar-refractivity contribution in [2.45, 2.75) is 6.92 Å². The molecule has 0 bridgehead atoms. The molecule has 0 aromatic carbocycles. The Morgan fingerprint density at radius 1 is 1.43 bits per heavy atom. The van der Waals surface area contributed by atoms with Crippen LogP contribution in [0.4, 0.5) is 0 Å². The quantitative estimate of drug-likeness (QED) is 0.387. The number of aliphatic hydroxyl groups excluding tert-OH is 1. The smallest absolute Gasteiger partial charge is 0.274 e. The topological polar surface area (TPSA) is 40.5 Å². The van der Waals surface area contributed by atoms with Crippen molar-refractivity contribution < 1.29 is 10.2 Å². The molecule has 2 nitrogen and oxygen atoms in total. The normalized spacial score (nSPS) is 9.29. The minimum atomic E-state index is -0.655. The van der Waals surface area contributed by atoms with Crippen LogP contribution in [0.5, 0.6) is 0 Å². The zero-order chi connectivity index (χ0) is 5.70. The monoisotopic (exact) mass is 100 g/mol. The van der Waals surface area contributed by atoms with Gasteiger partial charge < -0.3 is 10.2 Å². The molecule has 0 aromatic rings. The number of allylic oxidation sites excluding steroid dienone is 3. The molecule has 0 heterocycles. The van der Waals surface area contributed by atoms with Crippen LogP contribution in [0.1, 0.15) is 6.92 Å². The van der Waals surface area contributed by atoms with Gasteiger partial charge in [-0.3, -0.25) is 0 Å². The Morgan fingerprint density at radius 3 is 2.14 bits per heavy atom. The summed E-state index contributed by atoms with van der Waals surface area (Å²) in [6.45, 7) is 1.79.